The number of para-hydroxylation sites is 1. The van der Waals surface area contributed by atoms with Crippen molar-refractivity contribution in [2.45, 2.75) is 13.3 Å². The van der Waals surface area contributed by atoms with Crippen molar-refractivity contribution in [1.29, 1.82) is 0 Å². The van der Waals surface area contributed by atoms with Crippen molar-refractivity contribution in [2.24, 2.45) is 0 Å². The molecule has 2 rings (SSSR count). The van der Waals surface area contributed by atoms with Gasteiger partial charge < -0.3 is 4.90 Å². The van der Waals surface area contributed by atoms with Gasteiger partial charge in [0.2, 0.25) is 0 Å². The van der Waals surface area contributed by atoms with Gasteiger partial charge in [-0.1, -0.05) is 24.3 Å². The van der Waals surface area contributed by atoms with Crippen LogP contribution in [0, 0.1) is 11.6 Å². The number of anilines is 1. The second kappa shape index (κ2) is 6.97. The number of carbonyl (C=O) groups is 1. The van der Waals surface area contributed by atoms with E-state index < -0.39 is 5.82 Å². The molecule has 21 heavy (non-hydrogen) atoms. The first-order chi connectivity index (χ1) is 10.1. The summed E-state index contributed by atoms with van der Waals surface area (Å²) in [6, 6.07) is 12.3. The second-order valence-corrected chi connectivity index (χ2v) is 4.68. The van der Waals surface area contributed by atoms with Crippen LogP contribution in [-0.2, 0) is 0 Å². The number of carbonyl (C=O) groups excluding carboxylic acids is 1. The topological polar surface area (TPSA) is 20.3 Å². The van der Waals surface area contributed by atoms with Gasteiger partial charge in [0.15, 0.2) is 5.78 Å². The zero-order valence-electron chi connectivity index (χ0n) is 11.9. The van der Waals surface area contributed by atoms with Crippen molar-refractivity contribution < 1.29 is 13.6 Å². The van der Waals surface area contributed by atoms with Gasteiger partial charge in [-0.2, -0.15) is 0 Å². The van der Waals surface area contributed by atoms with Crippen LogP contribution in [0.2, 0.25) is 0 Å². The molecule has 4 heteroatoms. The molecule has 110 valence electrons. The van der Waals surface area contributed by atoms with E-state index in [0.29, 0.717) is 18.8 Å². The van der Waals surface area contributed by atoms with E-state index in [4.69, 9.17) is 0 Å². The van der Waals surface area contributed by atoms with Gasteiger partial charge in [0.25, 0.3) is 0 Å². The van der Waals surface area contributed by atoms with Gasteiger partial charge in [0, 0.05) is 19.5 Å². The Bertz CT molecular complexity index is 628. The lowest BCUT2D eigenvalue weighted by atomic mass is 10.1. The fourth-order valence-electron chi connectivity index (χ4n) is 2.22. The van der Waals surface area contributed by atoms with E-state index in [0.717, 1.165) is 0 Å². The Kier molecular flexibility index (Phi) is 5.04. The SMILES string of the molecule is CCN(CCC(=O)c1ccccc1F)c1ccccc1F. The van der Waals surface area contributed by atoms with E-state index in [2.05, 4.69) is 0 Å². The quantitative estimate of drug-likeness (QED) is 0.747. The zero-order chi connectivity index (χ0) is 15.2. The fourth-order valence-corrected chi connectivity index (χ4v) is 2.22. The number of hydrogen-bond acceptors (Lipinski definition) is 2. The van der Waals surface area contributed by atoms with Gasteiger partial charge in [-0.3, -0.25) is 4.79 Å². The molecule has 0 fully saturated rings. The summed E-state index contributed by atoms with van der Waals surface area (Å²) >= 11 is 0. The highest BCUT2D eigenvalue weighted by atomic mass is 19.1. The maximum absolute atomic E-state index is 13.8. The predicted octanol–water partition coefficient (Wildman–Crippen LogP) is 4.06. The molecular weight excluding hydrogens is 272 g/mol. The van der Waals surface area contributed by atoms with E-state index in [1.54, 1.807) is 35.2 Å². The Labute approximate surface area is 123 Å². The number of benzene rings is 2. The van der Waals surface area contributed by atoms with Crippen molar-refractivity contribution >= 4 is 11.5 Å². The number of hydrogen-bond donors (Lipinski definition) is 0. The fraction of sp³-hybridized carbons (Fsp3) is 0.235. The molecule has 0 aliphatic heterocycles. The molecule has 0 aromatic heterocycles. The third kappa shape index (κ3) is 3.66. The van der Waals surface area contributed by atoms with Crippen molar-refractivity contribution in [1.82, 2.24) is 0 Å². The first-order valence-electron chi connectivity index (χ1n) is 6.90. The highest BCUT2D eigenvalue weighted by Crippen LogP contribution is 2.19. The number of halogens is 2. The Morgan fingerprint density at radius 2 is 1.62 bits per heavy atom. The predicted molar refractivity (Wildman–Crippen MR) is 79.6 cm³/mol. The summed E-state index contributed by atoms with van der Waals surface area (Å²) in [5.74, 6) is -1.11. The minimum Gasteiger partial charge on any atom is -0.369 e. The van der Waals surface area contributed by atoms with Gasteiger partial charge in [-0.15, -0.1) is 0 Å². The van der Waals surface area contributed by atoms with E-state index in [9.17, 15) is 13.6 Å². The minimum atomic E-state index is -0.517. The molecule has 0 unspecified atom stereocenters. The second-order valence-electron chi connectivity index (χ2n) is 4.68. The minimum absolute atomic E-state index is 0.0853. The highest BCUT2D eigenvalue weighted by molar-refractivity contribution is 5.96. The van der Waals surface area contributed by atoms with E-state index in [-0.39, 0.29) is 23.6 Å². The van der Waals surface area contributed by atoms with E-state index in [1.165, 1.54) is 18.2 Å². The summed E-state index contributed by atoms with van der Waals surface area (Å²) in [6.07, 6.45) is 0.142. The molecule has 0 radical (unpaired) electrons. The van der Waals surface area contributed by atoms with Crippen LogP contribution in [0.25, 0.3) is 0 Å². The molecule has 0 amide bonds. The molecule has 0 spiro atoms. The Hall–Kier alpha value is -2.23. The van der Waals surface area contributed by atoms with Crippen molar-refractivity contribution in [3.63, 3.8) is 0 Å². The standard InChI is InChI=1S/C17H17F2NO/c1-2-20(16-10-6-5-9-15(16)19)12-11-17(21)13-7-3-4-8-14(13)18/h3-10H,2,11-12H2,1H3. The van der Waals surface area contributed by atoms with Crippen LogP contribution in [-0.4, -0.2) is 18.9 Å². The first kappa shape index (κ1) is 15.2. The largest absolute Gasteiger partial charge is 0.369 e. The molecule has 0 heterocycles. The smallest absolute Gasteiger partial charge is 0.167 e. The van der Waals surface area contributed by atoms with Crippen LogP contribution in [0.1, 0.15) is 23.7 Å². The number of Topliss-reactive ketones (excluding diaryl/α,β-unsaturated/α-hetero) is 1. The van der Waals surface area contributed by atoms with Gasteiger partial charge in [-0.05, 0) is 31.2 Å². The molecule has 2 nitrogen and oxygen atoms in total. The van der Waals surface area contributed by atoms with Gasteiger partial charge >= 0.3 is 0 Å². The van der Waals surface area contributed by atoms with E-state index in [1.807, 2.05) is 6.92 Å². The molecule has 0 N–H and O–H groups in total. The molecule has 0 saturated heterocycles. The third-order valence-corrected chi connectivity index (χ3v) is 3.36. The summed E-state index contributed by atoms with van der Waals surface area (Å²) < 4.78 is 27.3. The maximum atomic E-state index is 13.8. The van der Waals surface area contributed by atoms with Crippen LogP contribution >= 0.6 is 0 Å². The van der Waals surface area contributed by atoms with Crippen LogP contribution in [0.4, 0.5) is 14.5 Å². The third-order valence-electron chi connectivity index (χ3n) is 3.36. The van der Waals surface area contributed by atoms with Crippen LogP contribution < -0.4 is 4.90 Å². The van der Waals surface area contributed by atoms with Crippen molar-refractivity contribution in [3.8, 4) is 0 Å². The molecule has 0 bridgehead atoms. The lowest BCUT2D eigenvalue weighted by Crippen LogP contribution is -2.26. The molecule has 2 aromatic rings. The number of nitrogens with zero attached hydrogens (tertiary/aromatic N) is 1. The molecule has 0 saturated carbocycles. The molecular formula is C17H17F2NO. The average Bonchev–Trinajstić information content (AvgIpc) is 2.49. The van der Waals surface area contributed by atoms with E-state index >= 15 is 0 Å². The number of rotatable bonds is 6. The van der Waals surface area contributed by atoms with Crippen molar-refractivity contribution in [3.05, 3.63) is 65.7 Å². The monoisotopic (exact) mass is 289 g/mol. The summed E-state index contributed by atoms with van der Waals surface area (Å²) in [5, 5.41) is 0. The van der Waals surface area contributed by atoms with Crippen LogP contribution in [0.15, 0.2) is 48.5 Å². The van der Waals surface area contributed by atoms with Gasteiger partial charge in [0.1, 0.15) is 11.6 Å². The maximum Gasteiger partial charge on any atom is 0.167 e. The molecule has 0 atom stereocenters. The van der Waals surface area contributed by atoms with Crippen molar-refractivity contribution in [2.75, 3.05) is 18.0 Å². The molecule has 2 aromatic carbocycles. The lowest BCUT2D eigenvalue weighted by Gasteiger charge is -2.23. The Morgan fingerprint density at radius 3 is 2.24 bits per heavy atom. The van der Waals surface area contributed by atoms with Crippen LogP contribution in [0.5, 0.6) is 0 Å². The van der Waals surface area contributed by atoms with Gasteiger partial charge in [0.05, 0.1) is 11.3 Å². The summed E-state index contributed by atoms with van der Waals surface area (Å²) in [4.78, 5) is 13.8. The highest BCUT2D eigenvalue weighted by Gasteiger charge is 2.14. The Balaban J connectivity index is 2.06. The summed E-state index contributed by atoms with van der Waals surface area (Å²) in [7, 11) is 0. The summed E-state index contributed by atoms with van der Waals surface area (Å²) in [5.41, 5.74) is 0.545. The van der Waals surface area contributed by atoms with Gasteiger partial charge in [-0.25, -0.2) is 8.78 Å². The Morgan fingerprint density at radius 1 is 1.00 bits per heavy atom. The molecule has 0 aliphatic carbocycles. The van der Waals surface area contributed by atoms with Crippen LogP contribution in [0.3, 0.4) is 0 Å². The zero-order valence-corrected chi connectivity index (χ0v) is 11.9. The molecule has 0 aliphatic rings. The average molecular weight is 289 g/mol. The first-order valence-corrected chi connectivity index (χ1v) is 6.90. The lowest BCUT2D eigenvalue weighted by molar-refractivity contribution is 0.0980. The number of ketones is 1. The normalized spacial score (nSPS) is 10.4. The summed E-state index contributed by atoms with van der Waals surface area (Å²) in [6.45, 7) is 2.82.